The van der Waals surface area contributed by atoms with E-state index in [0.717, 1.165) is 77.0 Å². The number of allylic oxidation sites excluding steroid dienone is 16. The van der Waals surface area contributed by atoms with E-state index in [1.807, 2.05) is 6.08 Å². The van der Waals surface area contributed by atoms with Gasteiger partial charge in [0.25, 0.3) is 0 Å². The average Bonchev–Trinajstić information content (AvgIpc) is 3.27. The second-order valence-corrected chi connectivity index (χ2v) is 16.7. The molecule has 1 atom stereocenters. The van der Waals surface area contributed by atoms with E-state index in [4.69, 9.17) is 14.2 Å². The van der Waals surface area contributed by atoms with Gasteiger partial charge in [0, 0.05) is 19.4 Å². The Hall–Kier alpha value is -3.18. The zero-order valence-electron chi connectivity index (χ0n) is 40.6. The van der Waals surface area contributed by atoms with Crippen LogP contribution in [0.25, 0.3) is 0 Å². The summed E-state index contributed by atoms with van der Waals surface area (Å²) in [7, 11) is 0. The zero-order chi connectivity index (χ0) is 44.9. The fourth-order valence-electron chi connectivity index (χ4n) is 6.80. The molecule has 1 unspecified atom stereocenters. The summed E-state index contributed by atoms with van der Waals surface area (Å²) in [5.74, 6) is -0.502. The minimum Gasteiger partial charge on any atom is -0.462 e. The van der Waals surface area contributed by atoms with Crippen molar-refractivity contribution in [3.63, 3.8) is 0 Å². The summed E-state index contributed by atoms with van der Waals surface area (Å²) in [5, 5.41) is 0. The normalized spacial score (nSPS) is 13.0. The first-order valence-electron chi connectivity index (χ1n) is 25.8. The molecular formula is C57H96O5. The predicted octanol–water partition coefficient (Wildman–Crippen LogP) is 17.5. The highest BCUT2D eigenvalue weighted by molar-refractivity contribution is 5.70. The van der Waals surface area contributed by atoms with Crippen LogP contribution in [0.5, 0.6) is 0 Å². The Morgan fingerprint density at radius 2 is 0.758 bits per heavy atom. The molecule has 5 nitrogen and oxygen atoms in total. The van der Waals surface area contributed by atoms with E-state index in [1.54, 1.807) is 0 Å². The molecule has 5 heteroatoms. The smallest absolute Gasteiger partial charge is 0.306 e. The Kier molecular flexibility index (Phi) is 49.5. The first-order chi connectivity index (χ1) is 30.6. The molecule has 0 N–H and O–H groups in total. The number of carbonyl (C=O) groups excluding carboxylic acids is 2. The maximum absolute atomic E-state index is 12.8. The lowest BCUT2D eigenvalue weighted by Crippen LogP contribution is -2.30. The van der Waals surface area contributed by atoms with Crippen LogP contribution in [0.4, 0.5) is 0 Å². The molecule has 0 saturated carbocycles. The molecule has 0 spiro atoms. The molecule has 0 saturated heterocycles. The average molecular weight is 861 g/mol. The predicted molar refractivity (Wildman–Crippen MR) is 270 cm³/mol. The third-order valence-electron chi connectivity index (χ3n) is 10.6. The van der Waals surface area contributed by atoms with Gasteiger partial charge in [0.1, 0.15) is 6.61 Å². The summed E-state index contributed by atoms with van der Waals surface area (Å²) in [5.41, 5.74) is 0. The van der Waals surface area contributed by atoms with Gasteiger partial charge >= 0.3 is 11.9 Å². The summed E-state index contributed by atoms with van der Waals surface area (Å²) in [6.07, 6.45) is 70.0. The van der Waals surface area contributed by atoms with Crippen molar-refractivity contribution in [3.8, 4) is 0 Å². The molecule has 62 heavy (non-hydrogen) atoms. The molecule has 0 aromatic carbocycles. The Balaban J connectivity index is 4.38. The highest BCUT2D eigenvalue weighted by Gasteiger charge is 2.17. The van der Waals surface area contributed by atoms with Gasteiger partial charge in [-0.2, -0.15) is 0 Å². The number of hydrogen-bond acceptors (Lipinski definition) is 5. The topological polar surface area (TPSA) is 61.8 Å². The maximum Gasteiger partial charge on any atom is 0.306 e. The van der Waals surface area contributed by atoms with Crippen molar-refractivity contribution < 1.29 is 23.8 Å². The highest BCUT2D eigenvalue weighted by atomic mass is 16.6. The van der Waals surface area contributed by atoms with Crippen molar-refractivity contribution in [1.82, 2.24) is 0 Å². The van der Waals surface area contributed by atoms with Gasteiger partial charge in [-0.1, -0.05) is 221 Å². The fraction of sp³-hybridized carbons (Fsp3) is 0.684. The van der Waals surface area contributed by atoms with Crippen molar-refractivity contribution in [1.29, 1.82) is 0 Å². The largest absolute Gasteiger partial charge is 0.462 e. The molecule has 354 valence electrons. The molecule has 0 aliphatic heterocycles. The van der Waals surface area contributed by atoms with E-state index < -0.39 is 6.10 Å². The number of carbonyl (C=O) groups is 2. The SMILES string of the molecule is CC/C=C\C/C=C\C/C=C\C/C=C\C/C=C\C/C=C\CCC(=O)OCC(COCCCCCCCC/C=C\C/C=C\CCCCC)OC(=O)CCCCCCCCCCCCC. The lowest BCUT2D eigenvalue weighted by molar-refractivity contribution is -0.162. The van der Waals surface area contributed by atoms with E-state index in [-0.39, 0.29) is 25.2 Å². The highest BCUT2D eigenvalue weighted by Crippen LogP contribution is 2.13. The van der Waals surface area contributed by atoms with Crippen LogP contribution in [0.1, 0.15) is 226 Å². The molecule has 0 aliphatic carbocycles. The summed E-state index contributed by atoms with van der Waals surface area (Å²) in [4.78, 5) is 25.3. The number of esters is 2. The summed E-state index contributed by atoms with van der Waals surface area (Å²) < 4.78 is 17.3. The fourth-order valence-corrected chi connectivity index (χ4v) is 6.80. The molecule has 0 radical (unpaired) electrons. The van der Waals surface area contributed by atoms with Crippen molar-refractivity contribution in [3.05, 3.63) is 97.2 Å². The molecule has 0 amide bonds. The summed E-state index contributed by atoms with van der Waals surface area (Å²) in [6.45, 7) is 7.58. The lowest BCUT2D eigenvalue weighted by atomic mass is 10.1. The Bertz CT molecular complexity index is 1200. The second kappa shape index (κ2) is 52.2. The van der Waals surface area contributed by atoms with Gasteiger partial charge in [-0.3, -0.25) is 9.59 Å². The lowest BCUT2D eigenvalue weighted by Gasteiger charge is -2.18. The number of unbranched alkanes of at least 4 members (excludes halogenated alkanes) is 19. The van der Waals surface area contributed by atoms with Gasteiger partial charge in [0.2, 0.25) is 0 Å². The molecule has 0 aromatic rings. The molecule has 0 rings (SSSR count). The maximum atomic E-state index is 12.8. The van der Waals surface area contributed by atoms with Crippen molar-refractivity contribution >= 4 is 11.9 Å². The number of ether oxygens (including phenoxy) is 3. The summed E-state index contributed by atoms with van der Waals surface area (Å²) in [6, 6.07) is 0. The van der Waals surface area contributed by atoms with Crippen LogP contribution in [-0.2, 0) is 23.8 Å². The van der Waals surface area contributed by atoms with Crippen LogP contribution in [0.15, 0.2) is 97.2 Å². The van der Waals surface area contributed by atoms with E-state index in [1.165, 1.54) is 109 Å². The van der Waals surface area contributed by atoms with Crippen molar-refractivity contribution in [2.75, 3.05) is 19.8 Å². The number of rotatable bonds is 46. The van der Waals surface area contributed by atoms with Crippen LogP contribution in [0.2, 0.25) is 0 Å². The van der Waals surface area contributed by atoms with E-state index in [2.05, 4.69) is 112 Å². The molecule has 0 bridgehead atoms. The van der Waals surface area contributed by atoms with Gasteiger partial charge < -0.3 is 14.2 Å². The van der Waals surface area contributed by atoms with Crippen LogP contribution >= 0.6 is 0 Å². The molecule has 0 heterocycles. The zero-order valence-corrected chi connectivity index (χ0v) is 40.6. The van der Waals surface area contributed by atoms with Gasteiger partial charge in [-0.25, -0.2) is 0 Å². The molecule has 0 aliphatic rings. The Morgan fingerprint density at radius 1 is 0.371 bits per heavy atom. The Labute approximate surface area is 383 Å². The third kappa shape index (κ3) is 49.5. The molecular weight excluding hydrogens is 765 g/mol. The minimum atomic E-state index is -0.574. The summed E-state index contributed by atoms with van der Waals surface area (Å²) >= 11 is 0. The monoisotopic (exact) mass is 861 g/mol. The quantitative estimate of drug-likeness (QED) is 0.0347. The van der Waals surface area contributed by atoms with Gasteiger partial charge in [-0.05, 0) is 89.9 Å². The Morgan fingerprint density at radius 3 is 1.26 bits per heavy atom. The second-order valence-electron chi connectivity index (χ2n) is 16.7. The van der Waals surface area contributed by atoms with Crippen LogP contribution < -0.4 is 0 Å². The van der Waals surface area contributed by atoms with Crippen molar-refractivity contribution in [2.45, 2.75) is 232 Å². The first-order valence-corrected chi connectivity index (χ1v) is 25.8. The van der Waals surface area contributed by atoms with Gasteiger partial charge in [0.05, 0.1) is 6.61 Å². The van der Waals surface area contributed by atoms with E-state index in [0.29, 0.717) is 25.9 Å². The van der Waals surface area contributed by atoms with Gasteiger partial charge in [-0.15, -0.1) is 0 Å². The van der Waals surface area contributed by atoms with Crippen LogP contribution in [0, 0.1) is 0 Å². The van der Waals surface area contributed by atoms with E-state index >= 15 is 0 Å². The minimum absolute atomic E-state index is 0.0380. The first kappa shape index (κ1) is 58.8. The van der Waals surface area contributed by atoms with Crippen LogP contribution in [0.3, 0.4) is 0 Å². The molecule has 0 aromatic heterocycles. The van der Waals surface area contributed by atoms with Gasteiger partial charge in [0.15, 0.2) is 6.10 Å². The van der Waals surface area contributed by atoms with Crippen LogP contribution in [-0.4, -0.2) is 37.9 Å². The standard InChI is InChI=1S/C57H96O5/c1-4-7-10-13-16-19-22-24-26-28-29-30-31-33-36-38-41-44-47-50-56(58)61-54-55(62-57(59)51-48-45-42-39-35-21-18-15-12-9-6-3)53-60-52-49-46-43-40-37-34-32-27-25-23-20-17-14-11-8-5-2/h7,10,16-17,19-20,24-27,29-30,33,36,41,44,55H,4-6,8-9,11-15,18,21-23,28,31-32,34-35,37-40,42-43,45-54H2,1-3H3/b10-7-,19-16-,20-17-,26-24-,27-25-,30-29-,36-33-,44-41-. The molecule has 0 fully saturated rings. The van der Waals surface area contributed by atoms with Crippen molar-refractivity contribution in [2.24, 2.45) is 0 Å². The van der Waals surface area contributed by atoms with E-state index in [9.17, 15) is 9.59 Å². The number of hydrogen-bond donors (Lipinski definition) is 0. The third-order valence-corrected chi connectivity index (χ3v) is 10.6.